The van der Waals surface area contributed by atoms with Gasteiger partial charge in [-0.1, -0.05) is 18.2 Å². The van der Waals surface area contributed by atoms with Gasteiger partial charge in [-0.15, -0.1) is 13.2 Å². The first-order chi connectivity index (χ1) is 15.2. The van der Waals surface area contributed by atoms with Crippen LogP contribution in [0.3, 0.4) is 0 Å². The zero-order chi connectivity index (χ0) is 23.1. The van der Waals surface area contributed by atoms with Gasteiger partial charge in [0.05, 0.1) is 6.54 Å². The molecule has 0 saturated carbocycles. The van der Waals surface area contributed by atoms with E-state index >= 15 is 0 Å². The summed E-state index contributed by atoms with van der Waals surface area (Å²) in [5.74, 6) is -1.01. The van der Waals surface area contributed by atoms with Gasteiger partial charge in [0.25, 0.3) is 0 Å². The molecule has 1 aliphatic rings. The number of piperazine rings is 1. The summed E-state index contributed by atoms with van der Waals surface area (Å²) in [7, 11) is 0. The Bertz CT molecular complexity index is 929. The van der Waals surface area contributed by atoms with Crippen molar-refractivity contribution in [2.75, 3.05) is 38.0 Å². The van der Waals surface area contributed by atoms with Crippen LogP contribution in [0.1, 0.15) is 5.56 Å². The quantitative estimate of drug-likeness (QED) is 0.658. The van der Waals surface area contributed by atoms with E-state index in [0.29, 0.717) is 31.9 Å². The average molecular weight is 454 g/mol. The van der Waals surface area contributed by atoms with Crippen LogP contribution in [-0.2, 0) is 11.3 Å². The Hall–Kier alpha value is -3.34. The van der Waals surface area contributed by atoms with E-state index in [2.05, 4.69) is 15.4 Å². The van der Waals surface area contributed by atoms with Gasteiger partial charge in [0, 0.05) is 44.0 Å². The van der Waals surface area contributed by atoms with Gasteiger partial charge < -0.3 is 20.3 Å². The van der Waals surface area contributed by atoms with Gasteiger partial charge >= 0.3 is 12.4 Å². The molecule has 0 aromatic heterocycles. The van der Waals surface area contributed by atoms with Gasteiger partial charge in [0.15, 0.2) is 0 Å². The molecule has 2 N–H and O–H groups in total. The summed E-state index contributed by atoms with van der Waals surface area (Å²) in [6, 6.07) is 10.6. The number of ether oxygens (including phenoxy) is 1. The van der Waals surface area contributed by atoms with Crippen molar-refractivity contribution >= 4 is 17.6 Å². The normalized spacial score (nSPS) is 14.7. The minimum atomic E-state index is -4.82. The Balaban J connectivity index is 1.43. The molecular formula is C21H22F4N4O3. The molecule has 11 heteroatoms. The third-order valence-electron chi connectivity index (χ3n) is 4.78. The lowest BCUT2D eigenvalue weighted by Crippen LogP contribution is -2.52. The van der Waals surface area contributed by atoms with E-state index in [1.165, 1.54) is 47.4 Å². The second kappa shape index (κ2) is 10.3. The lowest BCUT2D eigenvalue weighted by atomic mass is 10.2. The molecule has 0 aliphatic carbocycles. The maximum atomic E-state index is 12.9. The number of anilines is 1. The highest BCUT2D eigenvalue weighted by atomic mass is 19.4. The summed E-state index contributed by atoms with van der Waals surface area (Å²) in [6.07, 6.45) is -4.82. The van der Waals surface area contributed by atoms with Gasteiger partial charge in [-0.3, -0.25) is 9.69 Å². The predicted octanol–water partition coefficient (Wildman–Crippen LogP) is 3.19. The van der Waals surface area contributed by atoms with E-state index in [1.54, 1.807) is 6.07 Å². The molecule has 32 heavy (non-hydrogen) atoms. The van der Waals surface area contributed by atoms with E-state index in [9.17, 15) is 27.2 Å². The van der Waals surface area contributed by atoms with Crippen LogP contribution in [0.25, 0.3) is 0 Å². The molecule has 0 radical (unpaired) electrons. The number of hydrogen-bond acceptors (Lipinski definition) is 4. The molecule has 7 nitrogen and oxygen atoms in total. The van der Waals surface area contributed by atoms with Crippen LogP contribution in [0, 0.1) is 5.82 Å². The van der Waals surface area contributed by atoms with Crippen molar-refractivity contribution < 1.29 is 31.9 Å². The Morgan fingerprint density at radius 2 is 1.62 bits per heavy atom. The van der Waals surface area contributed by atoms with E-state index in [0.717, 1.165) is 0 Å². The number of carbonyl (C=O) groups is 2. The van der Waals surface area contributed by atoms with Crippen LogP contribution >= 0.6 is 0 Å². The minimum Gasteiger partial charge on any atom is -0.405 e. The number of carbonyl (C=O) groups excluding carboxylic acids is 2. The van der Waals surface area contributed by atoms with Gasteiger partial charge in [-0.05, 0) is 30.3 Å². The molecule has 0 bridgehead atoms. The number of alkyl halides is 3. The van der Waals surface area contributed by atoms with E-state index < -0.39 is 18.2 Å². The maximum absolute atomic E-state index is 12.9. The molecule has 172 valence electrons. The Labute approximate surface area is 181 Å². The summed E-state index contributed by atoms with van der Waals surface area (Å²) in [5, 5.41) is 5.28. The average Bonchev–Trinajstić information content (AvgIpc) is 2.74. The number of nitrogens with one attached hydrogen (secondary N) is 2. The van der Waals surface area contributed by atoms with Crippen LogP contribution in [0.15, 0.2) is 48.5 Å². The number of amides is 3. The van der Waals surface area contributed by atoms with Crippen LogP contribution in [0.2, 0.25) is 0 Å². The number of benzene rings is 2. The highest BCUT2D eigenvalue weighted by molar-refractivity contribution is 5.92. The Morgan fingerprint density at radius 1 is 0.969 bits per heavy atom. The van der Waals surface area contributed by atoms with Crippen molar-refractivity contribution in [2.24, 2.45) is 0 Å². The van der Waals surface area contributed by atoms with Crippen molar-refractivity contribution in [3.8, 4) is 5.75 Å². The Morgan fingerprint density at radius 3 is 2.28 bits per heavy atom. The van der Waals surface area contributed by atoms with Gasteiger partial charge in [-0.2, -0.15) is 0 Å². The fraction of sp³-hybridized carbons (Fsp3) is 0.333. The first kappa shape index (κ1) is 23.3. The first-order valence-corrected chi connectivity index (χ1v) is 9.84. The summed E-state index contributed by atoms with van der Waals surface area (Å²) < 4.78 is 54.4. The van der Waals surface area contributed by atoms with Crippen molar-refractivity contribution in [2.45, 2.75) is 12.9 Å². The molecule has 1 saturated heterocycles. The lowest BCUT2D eigenvalue weighted by molar-refractivity contribution is -0.274. The van der Waals surface area contributed by atoms with Crippen molar-refractivity contribution in [1.29, 1.82) is 0 Å². The number of nitrogens with zero attached hydrogens (tertiary/aromatic N) is 2. The van der Waals surface area contributed by atoms with Gasteiger partial charge in [-0.25, -0.2) is 9.18 Å². The zero-order valence-corrected chi connectivity index (χ0v) is 17.0. The fourth-order valence-electron chi connectivity index (χ4n) is 3.20. The first-order valence-electron chi connectivity index (χ1n) is 9.84. The molecule has 0 atom stereocenters. The molecule has 0 spiro atoms. The number of halogens is 4. The zero-order valence-electron chi connectivity index (χ0n) is 17.0. The molecule has 1 aliphatic heterocycles. The summed E-state index contributed by atoms with van der Waals surface area (Å²) in [4.78, 5) is 27.9. The highest BCUT2D eigenvalue weighted by Crippen LogP contribution is 2.26. The SMILES string of the molecule is O=C(CN1CCN(C(=O)NCc2ccccc2OC(F)(F)F)CC1)Nc1ccc(F)cc1. The lowest BCUT2D eigenvalue weighted by Gasteiger charge is -2.34. The number of urea groups is 1. The molecule has 0 unspecified atom stereocenters. The Kier molecular flexibility index (Phi) is 7.52. The predicted molar refractivity (Wildman–Crippen MR) is 108 cm³/mol. The largest absolute Gasteiger partial charge is 0.573 e. The third-order valence-corrected chi connectivity index (χ3v) is 4.78. The van der Waals surface area contributed by atoms with Crippen LogP contribution in [0.5, 0.6) is 5.75 Å². The number of rotatable bonds is 6. The summed E-state index contributed by atoms with van der Waals surface area (Å²) >= 11 is 0. The van der Waals surface area contributed by atoms with E-state index in [1.807, 2.05) is 4.90 Å². The molecular weight excluding hydrogens is 432 g/mol. The van der Waals surface area contributed by atoms with Crippen molar-refractivity contribution in [3.05, 3.63) is 59.9 Å². The fourth-order valence-corrected chi connectivity index (χ4v) is 3.20. The van der Waals surface area contributed by atoms with E-state index in [-0.39, 0.29) is 30.3 Å². The second-order valence-corrected chi connectivity index (χ2v) is 7.13. The van der Waals surface area contributed by atoms with Crippen LogP contribution < -0.4 is 15.4 Å². The standard InChI is InChI=1S/C21H22F4N4O3/c22-16-5-7-17(8-6-16)27-19(30)14-28-9-11-29(12-10-28)20(31)26-13-15-3-1-2-4-18(15)32-21(23,24)25/h1-8H,9-14H2,(H,26,31)(H,27,30). The van der Waals surface area contributed by atoms with Crippen molar-refractivity contribution in [3.63, 3.8) is 0 Å². The molecule has 2 aromatic carbocycles. The van der Waals surface area contributed by atoms with Crippen LogP contribution in [-0.4, -0.2) is 60.8 Å². The molecule has 1 heterocycles. The van der Waals surface area contributed by atoms with Crippen molar-refractivity contribution in [1.82, 2.24) is 15.1 Å². The minimum absolute atomic E-state index is 0.120. The topological polar surface area (TPSA) is 73.9 Å². The van der Waals surface area contributed by atoms with Gasteiger partial charge in [0.1, 0.15) is 11.6 Å². The maximum Gasteiger partial charge on any atom is 0.573 e. The molecule has 3 amide bonds. The third kappa shape index (κ3) is 7.12. The summed E-state index contributed by atoms with van der Waals surface area (Å²) in [6.45, 7) is 1.63. The number of para-hydroxylation sites is 1. The van der Waals surface area contributed by atoms with Crippen LogP contribution in [0.4, 0.5) is 28.0 Å². The molecule has 2 aromatic rings. The molecule has 3 rings (SSSR count). The van der Waals surface area contributed by atoms with Gasteiger partial charge in [0.2, 0.25) is 5.91 Å². The smallest absolute Gasteiger partial charge is 0.405 e. The molecule has 1 fully saturated rings. The summed E-state index contributed by atoms with van der Waals surface area (Å²) in [5.41, 5.74) is 0.693. The highest BCUT2D eigenvalue weighted by Gasteiger charge is 2.32. The monoisotopic (exact) mass is 454 g/mol. The van der Waals surface area contributed by atoms with E-state index in [4.69, 9.17) is 0 Å². The second-order valence-electron chi connectivity index (χ2n) is 7.13. The number of hydrogen-bond donors (Lipinski definition) is 2.